The van der Waals surface area contributed by atoms with Crippen LogP contribution in [0.4, 0.5) is 11.4 Å². The lowest BCUT2D eigenvalue weighted by Gasteiger charge is -2.07. The first kappa shape index (κ1) is 13.3. The summed E-state index contributed by atoms with van der Waals surface area (Å²) in [6, 6.07) is 4.60. The lowest BCUT2D eigenvalue weighted by molar-refractivity contribution is -0.384. The number of nitrogens with zero attached hydrogens (tertiary/aromatic N) is 2. The molecule has 0 radical (unpaired) electrons. The lowest BCUT2D eigenvalue weighted by Crippen LogP contribution is -2.03. The molecule has 0 unspecified atom stereocenters. The number of hydrogen-bond acceptors (Lipinski definition) is 6. The van der Waals surface area contributed by atoms with Crippen LogP contribution in [0.25, 0.3) is 0 Å². The van der Waals surface area contributed by atoms with Gasteiger partial charge in [0.2, 0.25) is 0 Å². The molecule has 0 aliphatic rings. The minimum atomic E-state index is -0.423. The van der Waals surface area contributed by atoms with Crippen molar-refractivity contribution in [2.75, 3.05) is 12.4 Å². The summed E-state index contributed by atoms with van der Waals surface area (Å²) in [4.78, 5) is 14.8. The first-order valence-electron chi connectivity index (χ1n) is 5.57. The van der Waals surface area contributed by atoms with Gasteiger partial charge in [-0.1, -0.05) is 0 Å². The fourth-order valence-electron chi connectivity index (χ4n) is 1.62. The molecule has 100 valence electrons. The normalized spacial score (nSPS) is 10.2. The minimum Gasteiger partial charge on any atom is -0.497 e. The van der Waals surface area contributed by atoms with Crippen LogP contribution in [0.2, 0.25) is 0 Å². The van der Waals surface area contributed by atoms with Gasteiger partial charge in [0.25, 0.3) is 5.69 Å². The molecule has 2 aromatic rings. The first-order valence-corrected chi connectivity index (χ1v) is 6.45. The smallest absolute Gasteiger partial charge is 0.292 e. The second-order valence-corrected chi connectivity index (χ2v) is 4.91. The highest BCUT2D eigenvalue weighted by atomic mass is 32.1. The fourth-order valence-corrected chi connectivity index (χ4v) is 2.23. The van der Waals surface area contributed by atoms with Crippen LogP contribution in [-0.2, 0) is 6.54 Å². The monoisotopic (exact) mass is 279 g/mol. The molecule has 19 heavy (non-hydrogen) atoms. The molecule has 0 bridgehead atoms. The zero-order valence-electron chi connectivity index (χ0n) is 10.5. The summed E-state index contributed by atoms with van der Waals surface area (Å²) in [5.74, 6) is 0.572. The Morgan fingerprint density at radius 3 is 2.89 bits per heavy atom. The molecule has 0 saturated heterocycles. The number of hydrogen-bond donors (Lipinski definition) is 1. The van der Waals surface area contributed by atoms with Crippen molar-refractivity contribution in [1.29, 1.82) is 0 Å². The van der Waals surface area contributed by atoms with E-state index in [1.54, 1.807) is 23.5 Å². The summed E-state index contributed by atoms with van der Waals surface area (Å²) in [5.41, 5.74) is 1.31. The highest BCUT2D eigenvalue weighted by molar-refractivity contribution is 7.09. The number of aryl methyl sites for hydroxylation is 1. The van der Waals surface area contributed by atoms with E-state index in [0.29, 0.717) is 18.0 Å². The number of rotatable bonds is 5. The number of nitrogens with one attached hydrogen (secondary N) is 1. The molecule has 6 nitrogen and oxygen atoms in total. The van der Waals surface area contributed by atoms with Crippen LogP contribution < -0.4 is 10.1 Å². The number of methoxy groups -OCH3 is 1. The van der Waals surface area contributed by atoms with Crippen molar-refractivity contribution in [3.63, 3.8) is 0 Å². The van der Waals surface area contributed by atoms with Crippen molar-refractivity contribution in [3.8, 4) is 5.75 Å². The van der Waals surface area contributed by atoms with E-state index in [-0.39, 0.29) is 5.69 Å². The van der Waals surface area contributed by atoms with Gasteiger partial charge in [0, 0.05) is 17.5 Å². The van der Waals surface area contributed by atoms with Gasteiger partial charge in [0.1, 0.15) is 11.4 Å². The summed E-state index contributed by atoms with van der Waals surface area (Å²) < 4.78 is 5.07. The second kappa shape index (κ2) is 5.66. The average Bonchev–Trinajstić information content (AvgIpc) is 2.81. The van der Waals surface area contributed by atoms with E-state index in [0.717, 1.165) is 10.7 Å². The van der Waals surface area contributed by atoms with Gasteiger partial charge in [-0.2, -0.15) is 0 Å². The van der Waals surface area contributed by atoms with E-state index < -0.39 is 4.92 Å². The van der Waals surface area contributed by atoms with E-state index in [1.165, 1.54) is 13.2 Å². The van der Waals surface area contributed by atoms with Crippen molar-refractivity contribution in [1.82, 2.24) is 4.98 Å². The minimum absolute atomic E-state index is 0.0211. The Morgan fingerprint density at radius 1 is 1.53 bits per heavy atom. The molecule has 1 aromatic carbocycles. The number of ether oxygens (including phenoxy) is 1. The molecule has 0 aliphatic heterocycles. The maximum Gasteiger partial charge on any atom is 0.292 e. The Bertz CT molecular complexity index is 598. The van der Waals surface area contributed by atoms with Gasteiger partial charge in [0.15, 0.2) is 0 Å². The lowest BCUT2D eigenvalue weighted by atomic mass is 10.2. The summed E-state index contributed by atoms with van der Waals surface area (Å²) >= 11 is 1.55. The van der Waals surface area contributed by atoms with Crippen LogP contribution in [0.15, 0.2) is 23.6 Å². The molecule has 1 aromatic heterocycles. The fraction of sp³-hybridized carbons (Fsp3) is 0.250. The average molecular weight is 279 g/mol. The zero-order chi connectivity index (χ0) is 13.8. The van der Waals surface area contributed by atoms with Gasteiger partial charge in [-0.3, -0.25) is 10.1 Å². The number of nitro groups is 1. The molecule has 0 saturated carbocycles. The molecule has 7 heteroatoms. The van der Waals surface area contributed by atoms with Gasteiger partial charge in [-0.05, 0) is 13.0 Å². The number of thiazole rings is 1. The van der Waals surface area contributed by atoms with Gasteiger partial charge in [-0.25, -0.2) is 4.98 Å². The SMILES string of the molecule is COc1ccc([N+](=O)[O-])c(NCc2csc(C)n2)c1. The largest absolute Gasteiger partial charge is 0.497 e. The third kappa shape index (κ3) is 3.19. The van der Waals surface area contributed by atoms with Crippen molar-refractivity contribution in [3.05, 3.63) is 44.4 Å². The predicted octanol–water partition coefficient (Wildman–Crippen LogP) is 2.98. The molecule has 0 atom stereocenters. The molecule has 0 aliphatic carbocycles. The molecule has 2 rings (SSSR count). The van der Waals surface area contributed by atoms with Crippen LogP contribution in [0.1, 0.15) is 10.7 Å². The maximum atomic E-state index is 10.9. The summed E-state index contributed by atoms with van der Waals surface area (Å²) in [6.45, 7) is 2.36. The van der Waals surface area contributed by atoms with E-state index in [9.17, 15) is 10.1 Å². The molecule has 0 amide bonds. The van der Waals surface area contributed by atoms with Gasteiger partial charge >= 0.3 is 0 Å². The Kier molecular flexibility index (Phi) is 3.96. The van der Waals surface area contributed by atoms with Crippen LogP contribution in [0.3, 0.4) is 0 Å². The highest BCUT2D eigenvalue weighted by Gasteiger charge is 2.14. The van der Waals surface area contributed by atoms with E-state index in [4.69, 9.17) is 4.74 Å². The molecule has 0 spiro atoms. The van der Waals surface area contributed by atoms with Crippen LogP contribution in [0.5, 0.6) is 5.75 Å². The zero-order valence-corrected chi connectivity index (χ0v) is 11.4. The number of aromatic nitrogens is 1. The van der Waals surface area contributed by atoms with Gasteiger partial charge < -0.3 is 10.1 Å². The van der Waals surface area contributed by atoms with E-state index >= 15 is 0 Å². The third-order valence-corrected chi connectivity index (χ3v) is 3.35. The topological polar surface area (TPSA) is 77.3 Å². The predicted molar refractivity (Wildman–Crippen MR) is 73.8 cm³/mol. The maximum absolute atomic E-state index is 10.9. The highest BCUT2D eigenvalue weighted by Crippen LogP contribution is 2.29. The van der Waals surface area contributed by atoms with E-state index in [2.05, 4.69) is 10.3 Å². The summed E-state index contributed by atoms with van der Waals surface area (Å²) in [7, 11) is 1.52. The second-order valence-electron chi connectivity index (χ2n) is 3.85. The number of benzene rings is 1. The van der Waals surface area contributed by atoms with Crippen molar-refractivity contribution < 1.29 is 9.66 Å². The number of nitro benzene ring substituents is 1. The van der Waals surface area contributed by atoms with Crippen LogP contribution in [-0.4, -0.2) is 17.0 Å². The Morgan fingerprint density at radius 2 is 2.32 bits per heavy atom. The standard InChI is InChI=1S/C12H13N3O3S/c1-8-14-9(7-19-8)6-13-11-5-10(18-2)3-4-12(11)15(16)17/h3-5,7,13H,6H2,1-2H3. The third-order valence-electron chi connectivity index (χ3n) is 2.53. The quantitative estimate of drug-likeness (QED) is 0.672. The Balaban J connectivity index is 2.19. The summed E-state index contributed by atoms with van der Waals surface area (Å²) in [5, 5.41) is 16.9. The van der Waals surface area contributed by atoms with Gasteiger partial charge in [-0.15, -0.1) is 11.3 Å². The number of anilines is 1. The van der Waals surface area contributed by atoms with Crippen molar-refractivity contribution in [2.24, 2.45) is 0 Å². The van der Waals surface area contributed by atoms with Crippen molar-refractivity contribution in [2.45, 2.75) is 13.5 Å². The van der Waals surface area contributed by atoms with Crippen LogP contribution in [0, 0.1) is 17.0 Å². The molecular weight excluding hydrogens is 266 g/mol. The van der Waals surface area contributed by atoms with E-state index in [1.807, 2.05) is 12.3 Å². The molecule has 1 heterocycles. The van der Waals surface area contributed by atoms with Crippen LogP contribution >= 0.6 is 11.3 Å². The van der Waals surface area contributed by atoms with Crippen molar-refractivity contribution >= 4 is 22.7 Å². The first-order chi connectivity index (χ1) is 9.10. The Hall–Kier alpha value is -2.15. The molecular formula is C12H13N3O3S. The Labute approximate surface area is 114 Å². The molecule has 0 fully saturated rings. The van der Waals surface area contributed by atoms with Gasteiger partial charge in [0.05, 0.1) is 29.3 Å². The summed E-state index contributed by atoms with van der Waals surface area (Å²) in [6.07, 6.45) is 0. The molecule has 1 N–H and O–H groups in total.